The molecule has 3 N–H and O–H groups in total. The molecule has 2 aromatic heterocycles. The van der Waals surface area contributed by atoms with Crippen molar-refractivity contribution in [2.75, 3.05) is 32.7 Å². The van der Waals surface area contributed by atoms with Gasteiger partial charge in [0.2, 0.25) is 0 Å². The van der Waals surface area contributed by atoms with Crippen molar-refractivity contribution in [1.82, 2.24) is 30.0 Å². The Labute approximate surface area is 293 Å². The van der Waals surface area contributed by atoms with Crippen LogP contribution in [0.2, 0.25) is 0 Å². The zero-order valence-electron chi connectivity index (χ0n) is 27.5. The first-order chi connectivity index (χ1) is 24.4. The van der Waals surface area contributed by atoms with Gasteiger partial charge < -0.3 is 34.5 Å². The number of hydrogen-bond donors (Lipinski definition) is 2. The summed E-state index contributed by atoms with van der Waals surface area (Å²) in [4.78, 5) is 24.2. The van der Waals surface area contributed by atoms with Crippen LogP contribution in [0, 0.1) is 17.5 Å². The van der Waals surface area contributed by atoms with Gasteiger partial charge >= 0.3 is 11.9 Å². The Morgan fingerprint density at radius 1 is 0.980 bits per heavy atom. The average Bonchev–Trinajstić information content (AvgIpc) is 3.78. The average molecular weight is 734 g/mol. The molecule has 2 saturated heterocycles. The highest BCUT2D eigenvalue weighted by Crippen LogP contribution is 2.42. The summed E-state index contributed by atoms with van der Waals surface area (Å²) in [5.74, 6) is -5.80. The van der Waals surface area contributed by atoms with Crippen molar-refractivity contribution in [2.45, 2.75) is 61.0 Å². The van der Waals surface area contributed by atoms with Crippen LogP contribution in [0.3, 0.4) is 0 Å². The molecule has 0 radical (unpaired) electrons. The van der Waals surface area contributed by atoms with E-state index in [-0.39, 0.29) is 31.1 Å². The Morgan fingerprint density at radius 2 is 1.67 bits per heavy atom. The van der Waals surface area contributed by atoms with Gasteiger partial charge in [-0.1, -0.05) is 22.6 Å². The van der Waals surface area contributed by atoms with Crippen LogP contribution in [0.4, 0.5) is 18.9 Å². The van der Waals surface area contributed by atoms with Gasteiger partial charge in [0, 0.05) is 37.8 Å². The fraction of sp³-hybridized carbons (Fsp3) is 0.438. The highest BCUT2D eigenvalue weighted by molar-refractivity contribution is 8.00. The summed E-state index contributed by atoms with van der Waals surface area (Å²) in [5.41, 5.74) is 6.71. The molecule has 0 bridgehead atoms. The number of nitrogen functional groups attached to an aromatic ring is 1. The lowest BCUT2D eigenvalue weighted by molar-refractivity contribution is -0.208. The van der Waals surface area contributed by atoms with E-state index in [9.17, 15) is 27.9 Å². The Kier molecular flexibility index (Phi) is 10.9. The lowest BCUT2D eigenvalue weighted by atomic mass is 9.96. The van der Waals surface area contributed by atoms with Crippen molar-refractivity contribution in [3.05, 3.63) is 66.2 Å². The summed E-state index contributed by atoms with van der Waals surface area (Å²) in [7, 11) is 1.39. The normalized spacial score (nSPS) is 26.5. The first kappa shape index (κ1) is 36.2. The Hall–Kier alpha value is -4.56. The van der Waals surface area contributed by atoms with Gasteiger partial charge in [0.05, 0.1) is 37.0 Å². The fourth-order valence-corrected chi connectivity index (χ4v) is 7.52. The molecule has 272 valence electrons. The summed E-state index contributed by atoms with van der Waals surface area (Å²) in [6, 6.07) is 7.01. The molecule has 4 aromatic rings. The minimum absolute atomic E-state index is 0.0270. The standard InChI is InChI=1S/C32H34F3N7O8S/c1-15(43)48-13-25-30(49-16(2)44)28(42-11-23(38-40-42)18-8-20(33)27(35)21(34)9-18)31(46-3)32(50-25)51-26-14-47-12-24(29(26)45)41-10-22(37-39-41)17-5-4-6-19(36)7-17/h4-11,24-26,28-32,45H,12-14,36H2,1-3H3/t24-,25+,26+,28-,29+,30-,31+,32-/m0/s1. The van der Waals surface area contributed by atoms with E-state index in [1.54, 1.807) is 24.4 Å². The Balaban J connectivity index is 1.30. The molecule has 19 heteroatoms. The Bertz CT molecular complexity index is 1860. The van der Waals surface area contributed by atoms with Gasteiger partial charge in [-0.05, 0) is 24.3 Å². The summed E-state index contributed by atoms with van der Waals surface area (Å²) in [6.07, 6.45) is -1.25. The number of aliphatic hydroxyl groups is 1. The van der Waals surface area contributed by atoms with Crippen molar-refractivity contribution in [3.63, 3.8) is 0 Å². The molecule has 2 aliphatic rings. The van der Waals surface area contributed by atoms with E-state index in [0.717, 1.165) is 17.7 Å². The maximum absolute atomic E-state index is 14.1. The van der Waals surface area contributed by atoms with Crippen molar-refractivity contribution in [3.8, 4) is 22.5 Å². The molecule has 0 saturated carbocycles. The van der Waals surface area contributed by atoms with E-state index in [1.807, 2.05) is 6.07 Å². The third-order valence-electron chi connectivity index (χ3n) is 8.42. The minimum atomic E-state index is -1.64. The van der Waals surface area contributed by atoms with Crippen molar-refractivity contribution < 1.29 is 51.6 Å². The first-order valence-electron chi connectivity index (χ1n) is 15.7. The summed E-state index contributed by atoms with van der Waals surface area (Å²) in [5, 5.41) is 27.6. The molecule has 4 heterocycles. The van der Waals surface area contributed by atoms with Crippen molar-refractivity contribution >= 4 is 29.4 Å². The molecule has 0 spiro atoms. The van der Waals surface area contributed by atoms with Crippen LogP contribution in [0.1, 0.15) is 25.9 Å². The zero-order chi connectivity index (χ0) is 36.4. The molecule has 15 nitrogen and oxygen atoms in total. The third kappa shape index (κ3) is 7.86. The maximum Gasteiger partial charge on any atom is 0.303 e. The quantitative estimate of drug-likeness (QED) is 0.138. The molecule has 2 fully saturated rings. The lowest BCUT2D eigenvalue weighted by Gasteiger charge is -2.46. The van der Waals surface area contributed by atoms with E-state index in [1.165, 1.54) is 48.3 Å². The van der Waals surface area contributed by atoms with Crippen LogP contribution in [-0.2, 0) is 33.3 Å². The number of methoxy groups -OCH3 is 1. The zero-order valence-corrected chi connectivity index (χ0v) is 28.3. The Morgan fingerprint density at radius 3 is 2.33 bits per heavy atom. The second-order valence-corrected chi connectivity index (χ2v) is 13.3. The molecule has 51 heavy (non-hydrogen) atoms. The molecule has 2 aliphatic heterocycles. The van der Waals surface area contributed by atoms with Crippen LogP contribution < -0.4 is 5.73 Å². The number of hydrogen-bond acceptors (Lipinski definition) is 14. The van der Waals surface area contributed by atoms with Gasteiger partial charge in [-0.25, -0.2) is 22.5 Å². The predicted octanol–water partition coefficient (Wildman–Crippen LogP) is 2.71. The molecule has 2 aromatic carbocycles. The molecular formula is C32H34F3N7O8S. The summed E-state index contributed by atoms with van der Waals surface area (Å²) < 4.78 is 73.8. The smallest absolute Gasteiger partial charge is 0.303 e. The molecule has 6 rings (SSSR count). The summed E-state index contributed by atoms with van der Waals surface area (Å²) in [6.45, 7) is 2.28. The number of ether oxygens (including phenoxy) is 5. The molecular weight excluding hydrogens is 699 g/mol. The van der Waals surface area contributed by atoms with Gasteiger partial charge in [0.25, 0.3) is 0 Å². The molecule has 0 unspecified atom stereocenters. The van der Waals surface area contributed by atoms with Crippen LogP contribution in [0.15, 0.2) is 48.8 Å². The second-order valence-electron chi connectivity index (χ2n) is 11.9. The SMILES string of the molecule is CO[C@@H]1[C@@H](n2cc(-c3cc(F)c(F)c(F)c3)nn2)[C@@H](OC(C)=O)[C@@H](COC(C)=O)O[C@H]1S[C@@H]1COC[C@H](n2cc(-c3cccc(N)c3)nn2)[C@H]1O. The fourth-order valence-electron chi connectivity index (χ4n) is 6.03. The van der Waals surface area contributed by atoms with Crippen LogP contribution in [0.5, 0.6) is 0 Å². The minimum Gasteiger partial charge on any atom is -0.463 e. The second kappa shape index (κ2) is 15.4. The van der Waals surface area contributed by atoms with Crippen LogP contribution in [-0.4, -0.2) is 109 Å². The van der Waals surface area contributed by atoms with E-state index in [0.29, 0.717) is 11.4 Å². The van der Waals surface area contributed by atoms with Gasteiger partial charge in [-0.3, -0.25) is 9.59 Å². The number of nitrogens with zero attached hydrogens (tertiary/aromatic N) is 6. The number of esters is 2. The highest BCUT2D eigenvalue weighted by Gasteiger charge is 2.52. The van der Waals surface area contributed by atoms with Gasteiger partial charge in [-0.15, -0.1) is 22.0 Å². The number of carbonyl (C=O) groups is 2. The van der Waals surface area contributed by atoms with Crippen molar-refractivity contribution in [1.29, 1.82) is 0 Å². The highest BCUT2D eigenvalue weighted by atomic mass is 32.2. The summed E-state index contributed by atoms with van der Waals surface area (Å²) >= 11 is 1.17. The predicted molar refractivity (Wildman–Crippen MR) is 173 cm³/mol. The number of halogens is 3. The topological polar surface area (TPSA) is 188 Å². The molecule has 0 aliphatic carbocycles. The van der Waals surface area contributed by atoms with E-state index >= 15 is 0 Å². The van der Waals surface area contributed by atoms with E-state index in [4.69, 9.17) is 29.4 Å². The van der Waals surface area contributed by atoms with Gasteiger partial charge in [-0.2, -0.15) is 0 Å². The lowest BCUT2D eigenvalue weighted by Crippen LogP contribution is -2.58. The largest absolute Gasteiger partial charge is 0.463 e. The number of anilines is 1. The van der Waals surface area contributed by atoms with E-state index in [2.05, 4.69) is 20.6 Å². The van der Waals surface area contributed by atoms with E-state index < -0.39 is 76.6 Å². The van der Waals surface area contributed by atoms with Gasteiger partial charge in [0.15, 0.2) is 23.6 Å². The van der Waals surface area contributed by atoms with Gasteiger partial charge in [0.1, 0.15) is 47.7 Å². The monoisotopic (exact) mass is 733 g/mol. The van der Waals surface area contributed by atoms with Crippen LogP contribution >= 0.6 is 11.8 Å². The maximum atomic E-state index is 14.1. The molecule has 8 atom stereocenters. The van der Waals surface area contributed by atoms with Crippen molar-refractivity contribution in [2.24, 2.45) is 0 Å². The number of aromatic nitrogens is 6. The first-order valence-corrected chi connectivity index (χ1v) is 16.6. The number of rotatable bonds is 10. The number of nitrogens with two attached hydrogens (primary N) is 1. The number of benzene rings is 2. The third-order valence-corrected chi connectivity index (χ3v) is 9.84. The van der Waals surface area contributed by atoms with Crippen LogP contribution in [0.25, 0.3) is 22.5 Å². The molecule has 0 amide bonds. The number of thioether (sulfide) groups is 1. The number of aliphatic hydroxyl groups excluding tert-OH is 1. The number of carbonyl (C=O) groups excluding carboxylic acids is 2.